The Hall–Kier alpha value is 0.150. The third kappa shape index (κ3) is 2.29. The van der Waals surface area contributed by atoms with E-state index in [0.29, 0.717) is 16.1 Å². The molecule has 0 amide bonds. The van der Waals surface area contributed by atoms with Crippen molar-refractivity contribution >= 4 is 10.7 Å². The van der Waals surface area contributed by atoms with Gasteiger partial charge >= 0.3 is 0 Å². The van der Waals surface area contributed by atoms with Gasteiger partial charge in [-0.2, -0.15) is 0 Å². The largest absolute Gasteiger partial charge is 0.268 e. The number of hydrogen-bond donors (Lipinski definition) is 0. The standard InChI is InChI=1S/C9H19NS/c1-8-7-9(2,3)5-6-11(8)10-4/h8H,5-7H2,1-4H3. The van der Waals surface area contributed by atoms with E-state index in [0.717, 1.165) is 5.25 Å². The van der Waals surface area contributed by atoms with Gasteiger partial charge in [0.05, 0.1) is 0 Å². The van der Waals surface area contributed by atoms with Crippen LogP contribution in [0.25, 0.3) is 0 Å². The highest BCUT2D eigenvalue weighted by atomic mass is 32.2. The summed E-state index contributed by atoms with van der Waals surface area (Å²) in [7, 11) is 2.35. The summed E-state index contributed by atoms with van der Waals surface area (Å²) >= 11 is 0. The predicted octanol–water partition coefficient (Wildman–Crippen LogP) is 2.63. The molecule has 0 bridgehead atoms. The van der Waals surface area contributed by atoms with E-state index in [1.54, 1.807) is 0 Å². The first-order valence-electron chi connectivity index (χ1n) is 4.35. The molecular weight excluding hydrogens is 154 g/mol. The summed E-state index contributed by atoms with van der Waals surface area (Å²) in [6.45, 7) is 7.09. The highest BCUT2D eigenvalue weighted by Gasteiger charge is 2.28. The van der Waals surface area contributed by atoms with Crippen molar-refractivity contribution in [3.05, 3.63) is 0 Å². The first-order valence-corrected chi connectivity index (χ1v) is 5.76. The Balaban J connectivity index is 2.62. The van der Waals surface area contributed by atoms with Gasteiger partial charge < -0.3 is 0 Å². The van der Waals surface area contributed by atoms with Crippen LogP contribution in [0.4, 0.5) is 0 Å². The fourth-order valence-electron chi connectivity index (χ4n) is 1.83. The van der Waals surface area contributed by atoms with E-state index in [2.05, 4.69) is 25.1 Å². The molecule has 1 rings (SSSR count). The lowest BCUT2D eigenvalue weighted by atomic mass is 9.85. The van der Waals surface area contributed by atoms with Crippen LogP contribution in [-0.2, 0) is 10.7 Å². The Morgan fingerprint density at radius 1 is 1.45 bits per heavy atom. The highest BCUT2D eigenvalue weighted by Crippen LogP contribution is 2.33. The van der Waals surface area contributed by atoms with Gasteiger partial charge in [-0.15, -0.1) is 0 Å². The Morgan fingerprint density at radius 3 is 2.55 bits per heavy atom. The Bertz CT molecular complexity index is 172. The minimum atomic E-state index is 0.382. The molecule has 0 N–H and O–H groups in total. The zero-order valence-electron chi connectivity index (χ0n) is 8.05. The SMILES string of the molecule is CN=S1CCC(C)(C)CC1C. The van der Waals surface area contributed by atoms with Gasteiger partial charge in [-0.25, -0.2) is 0 Å². The van der Waals surface area contributed by atoms with Crippen LogP contribution in [-0.4, -0.2) is 18.1 Å². The highest BCUT2D eigenvalue weighted by molar-refractivity contribution is 7.87. The second-order valence-electron chi connectivity index (χ2n) is 4.22. The van der Waals surface area contributed by atoms with Gasteiger partial charge in [-0.3, -0.25) is 4.36 Å². The first kappa shape index (κ1) is 9.24. The van der Waals surface area contributed by atoms with Crippen LogP contribution in [0.1, 0.15) is 33.6 Å². The number of nitrogens with zero attached hydrogens (tertiary/aromatic N) is 1. The zero-order valence-corrected chi connectivity index (χ0v) is 8.87. The minimum absolute atomic E-state index is 0.382. The molecule has 1 nitrogen and oxygen atoms in total. The van der Waals surface area contributed by atoms with Crippen molar-refractivity contribution in [3.8, 4) is 0 Å². The van der Waals surface area contributed by atoms with E-state index >= 15 is 0 Å². The van der Waals surface area contributed by atoms with Gasteiger partial charge in [0.1, 0.15) is 0 Å². The van der Waals surface area contributed by atoms with E-state index in [4.69, 9.17) is 0 Å². The van der Waals surface area contributed by atoms with Crippen LogP contribution in [0.5, 0.6) is 0 Å². The lowest BCUT2D eigenvalue weighted by Crippen LogP contribution is -2.31. The Morgan fingerprint density at radius 2 is 2.09 bits per heavy atom. The summed E-state index contributed by atoms with van der Waals surface area (Å²) < 4.78 is 4.42. The normalized spacial score (nSPS) is 37.5. The molecule has 11 heavy (non-hydrogen) atoms. The molecule has 1 heterocycles. The van der Waals surface area contributed by atoms with Crippen molar-refractivity contribution < 1.29 is 0 Å². The van der Waals surface area contributed by atoms with Gasteiger partial charge in [-0.05, 0) is 18.3 Å². The van der Waals surface area contributed by atoms with Crippen molar-refractivity contribution in [2.24, 2.45) is 9.78 Å². The van der Waals surface area contributed by atoms with Crippen molar-refractivity contribution in [1.82, 2.24) is 0 Å². The van der Waals surface area contributed by atoms with Crippen molar-refractivity contribution in [1.29, 1.82) is 0 Å². The fourth-order valence-corrected chi connectivity index (χ4v) is 4.18. The topological polar surface area (TPSA) is 12.4 Å². The monoisotopic (exact) mass is 173 g/mol. The molecule has 0 saturated carbocycles. The second-order valence-corrected chi connectivity index (χ2v) is 6.60. The zero-order chi connectivity index (χ0) is 8.48. The third-order valence-electron chi connectivity index (χ3n) is 2.53. The predicted molar refractivity (Wildman–Crippen MR) is 53.1 cm³/mol. The molecule has 0 aromatic carbocycles. The molecule has 1 fully saturated rings. The first-order chi connectivity index (χ1) is 5.05. The second kappa shape index (κ2) is 3.26. The maximum Gasteiger partial charge on any atom is 0.0346 e. The van der Waals surface area contributed by atoms with Gasteiger partial charge in [-0.1, -0.05) is 31.5 Å². The van der Waals surface area contributed by atoms with E-state index in [-0.39, 0.29) is 0 Å². The van der Waals surface area contributed by atoms with Gasteiger partial charge in [0.15, 0.2) is 0 Å². The number of hydrogen-bond acceptors (Lipinski definition) is 1. The average molecular weight is 173 g/mol. The lowest BCUT2D eigenvalue weighted by Gasteiger charge is -2.35. The van der Waals surface area contributed by atoms with E-state index < -0.39 is 0 Å². The van der Waals surface area contributed by atoms with Crippen molar-refractivity contribution in [2.75, 3.05) is 12.8 Å². The molecule has 1 aliphatic heterocycles. The molecule has 66 valence electrons. The Labute approximate surface area is 72.7 Å². The lowest BCUT2D eigenvalue weighted by molar-refractivity contribution is 0.314. The van der Waals surface area contributed by atoms with Crippen LogP contribution in [0.15, 0.2) is 4.36 Å². The van der Waals surface area contributed by atoms with Crippen LogP contribution < -0.4 is 0 Å². The quantitative estimate of drug-likeness (QED) is 0.534. The molecule has 0 radical (unpaired) electrons. The average Bonchev–Trinajstić information content (AvgIpc) is 1.86. The molecule has 0 aromatic rings. The molecule has 1 saturated heterocycles. The molecule has 2 atom stereocenters. The summed E-state index contributed by atoms with van der Waals surface area (Å²) in [6, 6.07) is 0. The smallest absolute Gasteiger partial charge is 0.0346 e. The maximum absolute atomic E-state index is 4.42. The van der Waals surface area contributed by atoms with Gasteiger partial charge in [0.25, 0.3) is 0 Å². The summed E-state index contributed by atoms with van der Waals surface area (Å²) in [5.74, 6) is 1.32. The summed E-state index contributed by atoms with van der Waals surface area (Å²) in [4.78, 5) is 0. The van der Waals surface area contributed by atoms with Crippen LogP contribution in [0, 0.1) is 5.41 Å². The molecule has 2 heteroatoms. The molecular formula is C9H19NS. The fraction of sp³-hybridized carbons (Fsp3) is 1.00. The van der Waals surface area contributed by atoms with E-state index in [1.165, 1.54) is 18.6 Å². The maximum atomic E-state index is 4.42. The van der Waals surface area contributed by atoms with Crippen LogP contribution in [0.2, 0.25) is 0 Å². The van der Waals surface area contributed by atoms with E-state index in [9.17, 15) is 0 Å². The summed E-state index contributed by atoms with van der Waals surface area (Å²) in [6.07, 6.45) is 2.71. The minimum Gasteiger partial charge on any atom is -0.268 e. The van der Waals surface area contributed by atoms with Crippen molar-refractivity contribution in [3.63, 3.8) is 0 Å². The molecule has 0 aromatic heterocycles. The summed E-state index contributed by atoms with van der Waals surface area (Å²) in [5.41, 5.74) is 0.577. The van der Waals surface area contributed by atoms with E-state index in [1.807, 2.05) is 7.05 Å². The molecule has 0 spiro atoms. The third-order valence-corrected chi connectivity index (χ3v) is 4.71. The van der Waals surface area contributed by atoms with Crippen molar-refractivity contribution in [2.45, 2.75) is 38.9 Å². The van der Waals surface area contributed by atoms with Crippen LogP contribution in [0.3, 0.4) is 0 Å². The van der Waals surface area contributed by atoms with Crippen LogP contribution >= 0.6 is 0 Å². The Kier molecular flexibility index (Phi) is 2.74. The summed E-state index contributed by atoms with van der Waals surface area (Å²) in [5, 5.41) is 0.823. The molecule has 2 unspecified atom stereocenters. The molecule has 1 aliphatic rings. The van der Waals surface area contributed by atoms with Gasteiger partial charge in [0.2, 0.25) is 0 Å². The molecule has 0 aliphatic carbocycles. The number of rotatable bonds is 0. The van der Waals surface area contributed by atoms with Gasteiger partial charge in [0, 0.05) is 18.1 Å².